The summed E-state index contributed by atoms with van der Waals surface area (Å²) in [7, 11) is 1.81. The van der Waals surface area contributed by atoms with Gasteiger partial charge >= 0.3 is 0 Å². The average Bonchev–Trinajstić information content (AvgIpc) is 3.39. The number of hydrogen-bond acceptors (Lipinski definition) is 7. The van der Waals surface area contributed by atoms with Crippen LogP contribution < -0.4 is 5.32 Å². The third kappa shape index (κ3) is 4.25. The molecular weight excluding hydrogens is 364 g/mol. The van der Waals surface area contributed by atoms with Crippen LogP contribution >= 0.6 is 11.3 Å². The summed E-state index contributed by atoms with van der Waals surface area (Å²) in [6.45, 7) is 2.73. The molecule has 0 aromatic carbocycles. The lowest BCUT2D eigenvalue weighted by Gasteiger charge is -2.17. The number of rotatable bonds is 7. The third-order valence-electron chi connectivity index (χ3n) is 4.69. The van der Waals surface area contributed by atoms with E-state index in [0.717, 1.165) is 41.8 Å². The van der Waals surface area contributed by atoms with Crippen molar-refractivity contribution < 1.29 is 9.53 Å². The molecule has 0 unspecified atom stereocenters. The van der Waals surface area contributed by atoms with Crippen LogP contribution in [-0.4, -0.2) is 63.5 Å². The summed E-state index contributed by atoms with van der Waals surface area (Å²) >= 11 is 1.56. The van der Waals surface area contributed by atoms with Crippen LogP contribution in [0.2, 0.25) is 0 Å². The molecule has 1 N–H and O–H groups in total. The highest BCUT2D eigenvalue weighted by molar-refractivity contribution is 7.15. The lowest BCUT2D eigenvalue weighted by Crippen LogP contribution is -2.32. The molecule has 4 heterocycles. The number of likely N-dealkylation sites (N-methyl/N-ethyl adjacent to an activating group) is 1. The predicted octanol–water partition coefficient (Wildman–Crippen LogP) is 1.80. The van der Waals surface area contributed by atoms with Gasteiger partial charge in [-0.3, -0.25) is 9.20 Å². The number of anilines is 1. The number of hydrogen-bond donors (Lipinski definition) is 1. The minimum absolute atomic E-state index is 0.0500. The second kappa shape index (κ2) is 8.01. The van der Waals surface area contributed by atoms with E-state index in [0.29, 0.717) is 25.4 Å². The molecule has 9 heteroatoms. The first-order valence-corrected chi connectivity index (χ1v) is 9.85. The molecule has 1 atom stereocenters. The first-order chi connectivity index (χ1) is 13.2. The van der Waals surface area contributed by atoms with Crippen molar-refractivity contribution in [2.75, 3.05) is 38.7 Å². The largest absolute Gasteiger partial charge is 0.381 e. The first kappa shape index (κ1) is 17.9. The predicted molar refractivity (Wildman–Crippen MR) is 103 cm³/mol. The van der Waals surface area contributed by atoms with E-state index < -0.39 is 0 Å². The van der Waals surface area contributed by atoms with Crippen molar-refractivity contribution in [2.45, 2.75) is 18.8 Å². The van der Waals surface area contributed by atoms with Crippen LogP contribution in [0.4, 0.5) is 5.82 Å². The van der Waals surface area contributed by atoms with Gasteiger partial charge in [-0.15, -0.1) is 11.3 Å². The van der Waals surface area contributed by atoms with Crippen LogP contribution in [-0.2, 0) is 16.0 Å². The number of ether oxygens (including phenoxy) is 1. The van der Waals surface area contributed by atoms with Gasteiger partial charge in [0.2, 0.25) is 5.91 Å². The van der Waals surface area contributed by atoms with E-state index in [1.54, 1.807) is 22.6 Å². The Morgan fingerprint density at radius 3 is 3.22 bits per heavy atom. The summed E-state index contributed by atoms with van der Waals surface area (Å²) in [5.41, 5.74) is 1.81. The fourth-order valence-corrected chi connectivity index (χ4v) is 3.81. The number of nitrogens with zero attached hydrogens (tertiary/aromatic N) is 5. The van der Waals surface area contributed by atoms with E-state index >= 15 is 0 Å². The molecule has 4 rings (SSSR count). The molecule has 8 nitrogen and oxygen atoms in total. The van der Waals surface area contributed by atoms with E-state index in [4.69, 9.17) is 4.74 Å². The fraction of sp³-hybridized carbons (Fsp3) is 0.444. The number of carbonyl (C=O) groups is 1. The Morgan fingerprint density at radius 2 is 2.41 bits per heavy atom. The molecule has 0 saturated carbocycles. The number of thiazole rings is 1. The number of amides is 1. The Kier molecular flexibility index (Phi) is 5.30. The third-order valence-corrected chi connectivity index (χ3v) is 5.46. The SMILES string of the molecule is CN(CCNc1cc([C@@H]2CCOC2)ncn1)C(=O)Cc1cn2ccsc2n1. The maximum absolute atomic E-state index is 12.4. The van der Waals surface area contributed by atoms with E-state index in [2.05, 4.69) is 20.3 Å². The number of nitrogens with one attached hydrogen (secondary N) is 1. The highest BCUT2D eigenvalue weighted by atomic mass is 32.1. The molecule has 3 aromatic rings. The van der Waals surface area contributed by atoms with Crippen LogP contribution in [0.3, 0.4) is 0 Å². The first-order valence-electron chi connectivity index (χ1n) is 8.97. The van der Waals surface area contributed by atoms with Gasteiger partial charge in [-0.05, 0) is 6.42 Å². The smallest absolute Gasteiger partial charge is 0.228 e. The topological polar surface area (TPSA) is 84.6 Å². The molecule has 27 heavy (non-hydrogen) atoms. The van der Waals surface area contributed by atoms with Crippen molar-refractivity contribution in [3.05, 3.63) is 41.6 Å². The van der Waals surface area contributed by atoms with Gasteiger partial charge in [-0.25, -0.2) is 15.0 Å². The highest BCUT2D eigenvalue weighted by Gasteiger charge is 2.19. The van der Waals surface area contributed by atoms with Gasteiger partial charge in [0.15, 0.2) is 4.96 Å². The second-order valence-electron chi connectivity index (χ2n) is 6.63. The number of carbonyl (C=O) groups excluding carboxylic acids is 1. The minimum Gasteiger partial charge on any atom is -0.381 e. The monoisotopic (exact) mass is 386 g/mol. The lowest BCUT2D eigenvalue weighted by molar-refractivity contribution is -0.129. The van der Waals surface area contributed by atoms with Crippen LogP contribution in [0, 0.1) is 0 Å². The Morgan fingerprint density at radius 1 is 1.48 bits per heavy atom. The Labute approximate surface area is 161 Å². The Bertz CT molecular complexity index is 889. The van der Waals surface area contributed by atoms with Crippen molar-refractivity contribution in [3.63, 3.8) is 0 Å². The van der Waals surface area contributed by atoms with Crippen LogP contribution in [0.1, 0.15) is 23.7 Å². The van der Waals surface area contributed by atoms with E-state index in [-0.39, 0.29) is 5.91 Å². The van der Waals surface area contributed by atoms with Gasteiger partial charge < -0.3 is 15.0 Å². The summed E-state index contributed by atoms with van der Waals surface area (Å²) in [6, 6.07) is 1.97. The minimum atomic E-state index is 0.0500. The number of imidazole rings is 1. The lowest BCUT2D eigenvalue weighted by atomic mass is 10.1. The molecule has 1 aliphatic rings. The van der Waals surface area contributed by atoms with E-state index in [9.17, 15) is 4.79 Å². The number of aromatic nitrogens is 4. The standard InChI is InChI=1S/C18H22N6O2S/c1-23(17(25)8-14-10-24-5-7-27-18(24)22-14)4-3-19-16-9-15(20-12-21-16)13-2-6-26-11-13/h5,7,9-10,12-13H,2-4,6,8,11H2,1H3,(H,19,20,21)/t13-/m1/s1. The zero-order valence-corrected chi connectivity index (χ0v) is 16.0. The van der Waals surface area contributed by atoms with E-state index in [1.165, 1.54) is 0 Å². The molecule has 142 valence electrons. The average molecular weight is 386 g/mol. The molecule has 0 radical (unpaired) electrons. The van der Waals surface area contributed by atoms with Crippen LogP contribution in [0.5, 0.6) is 0 Å². The van der Waals surface area contributed by atoms with E-state index in [1.807, 2.05) is 35.3 Å². The molecule has 1 amide bonds. The molecule has 0 aliphatic carbocycles. The van der Waals surface area contributed by atoms with Gasteiger partial charge in [-0.2, -0.15) is 0 Å². The van der Waals surface area contributed by atoms with Gasteiger partial charge in [0.25, 0.3) is 0 Å². The van der Waals surface area contributed by atoms with Crippen molar-refractivity contribution in [2.24, 2.45) is 0 Å². The molecule has 3 aromatic heterocycles. The quantitative estimate of drug-likeness (QED) is 0.667. The summed E-state index contributed by atoms with van der Waals surface area (Å²) in [4.78, 5) is 28.1. The molecule has 1 saturated heterocycles. The summed E-state index contributed by atoms with van der Waals surface area (Å²) in [6.07, 6.45) is 6.74. The maximum atomic E-state index is 12.4. The zero-order valence-electron chi connectivity index (χ0n) is 15.2. The maximum Gasteiger partial charge on any atom is 0.228 e. The summed E-state index contributed by atoms with van der Waals surface area (Å²) in [5, 5.41) is 5.25. The highest BCUT2D eigenvalue weighted by Crippen LogP contribution is 2.24. The Balaban J connectivity index is 1.26. The molecular formula is C18H22N6O2S. The summed E-state index contributed by atoms with van der Waals surface area (Å²) in [5.74, 6) is 1.18. The summed E-state index contributed by atoms with van der Waals surface area (Å²) < 4.78 is 7.36. The molecule has 0 spiro atoms. The molecule has 1 fully saturated rings. The van der Waals surface area contributed by atoms with Gasteiger partial charge in [0.1, 0.15) is 12.1 Å². The normalized spacial score (nSPS) is 16.7. The van der Waals surface area contributed by atoms with Crippen LogP contribution in [0.25, 0.3) is 4.96 Å². The van der Waals surface area contributed by atoms with Crippen LogP contribution in [0.15, 0.2) is 30.2 Å². The van der Waals surface area contributed by atoms with Crippen molar-refractivity contribution >= 4 is 28.0 Å². The van der Waals surface area contributed by atoms with Gasteiger partial charge in [-0.1, -0.05) is 0 Å². The van der Waals surface area contributed by atoms with Gasteiger partial charge in [0.05, 0.1) is 24.4 Å². The number of fused-ring (bicyclic) bond motifs is 1. The Hall–Kier alpha value is -2.52. The van der Waals surface area contributed by atoms with Crippen molar-refractivity contribution in [1.82, 2.24) is 24.3 Å². The second-order valence-corrected chi connectivity index (χ2v) is 7.51. The fourth-order valence-electron chi connectivity index (χ4n) is 3.09. The van der Waals surface area contributed by atoms with Crippen molar-refractivity contribution in [3.8, 4) is 0 Å². The van der Waals surface area contributed by atoms with Gasteiger partial charge in [0, 0.05) is 56.5 Å². The zero-order chi connectivity index (χ0) is 18.6. The molecule has 1 aliphatic heterocycles. The van der Waals surface area contributed by atoms with Crippen molar-refractivity contribution in [1.29, 1.82) is 0 Å². The molecule has 0 bridgehead atoms.